The molecule has 2 rings (SSSR count). The molecular weight excluding hydrogens is 425 g/mol. The average Bonchev–Trinajstić information content (AvgIpc) is 2.67. The summed E-state index contributed by atoms with van der Waals surface area (Å²) in [6.45, 7) is 4.02. The molecule has 30 heavy (non-hydrogen) atoms. The fraction of sp³-hybridized carbons (Fsp3) is 0.389. The molecule has 0 radical (unpaired) electrons. The standard InChI is InChI=1S/C18H21F3N4O4S/c1-11(13(3)29-16-9-14(17(22)26)6-8-24-16)25(30(27,28)18(19,20)21)12(2)15-5-4-7-23-10-15/h4-13H,1-3H3,(H2,22,26)/t11-,12?,13?/m0/s1. The van der Waals surface area contributed by atoms with E-state index in [4.69, 9.17) is 10.5 Å². The number of halogens is 3. The minimum atomic E-state index is -5.71. The lowest BCUT2D eigenvalue weighted by atomic mass is 10.1. The van der Waals surface area contributed by atoms with Crippen molar-refractivity contribution in [1.82, 2.24) is 14.3 Å². The monoisotopic (exact) mass is 446 g/mol. The van der Waals surface area contributed by atoms with Gasteiger partial charge in [0.15, 0.2) is 0 Å². The van der Waals surface area contributed by atoms with Gasteiger partial charge >= 0.3 is 15.5 Å². The second-order valence-electron chi connectivity index (χ2n) is 6.55. The zero-order valence-electron chi connectivity index (χ0n) is 16.4. The van der Waals surface area contributed by atoms with Crippen LogP contribution in [-0.4, -0.2) is 46.3 Å². The first kappa shape index (κ1) is 23.5. The van der Waals surface area contributed by atoms with Crippen LogP contribution in [-0.2, 0) is 10.0 Å². The molecule has 2 unspecified atom stereocenters. The zero-order chi connectivity index (χ0) is 22.7. The lowest BCUT2D eigenvalue weighted by molar-refractivity contribution is -0.0529. The highest BCUT2D eigenvalue weighted by molar-refractivity contribution is 7.90. The molecule has 0 spiro atoms. The molecule has 0 aliphatic carbocycles. The van der Waals surface area contributed by atoms with E-state index in [0.29, 0.717) is 4.31 Å². The Hall–Kier alpha value is -2.73. The SMILES string of the molecule is CC(Oc1cc(C(N)=O)ccn1)[C@H](C)N(C(C)c1cccnc1)S(=O)(=O)C(F)(F)F. The lowest BCUT2D eigenvalue weighted by Crippen LogP contribution is -2.51. The first-order valence-corrected chi connectivity index (χ1v) is 10.2. The maximum absolute atomic E-state index is 13.4. The summed E-state index contributed by atoms with van der Waals surface area (Å²) in [6, 6.07) is 3.09. The normalized spacial score (nSPS) is 15.4. The van der Waals surface area contributed by atoms with E-state index in [1.54, 1.807) is 0 Å². The number of nitrogens with two attached hydrogens (primary N) is 1. The number of carbonyl (C=O) groups excluding carboxylic acids is 1. The molecule has 0 aromatic carbocycles. The minimum Gasteiger partial charge on any atom is -0.473 e. The fourth-order valence-corrected chi connectivity index (χ4v) is 4.18. The number of hydrogen-bond donors (Lipinski definition) is 1. The van der Waals surface area contributed by atoms with Gasteiger partial charge in [-0.15, -0.1) is 0 Å². The Bertz CT molecular complexity index is 986. The fourth-order valence-electron chi connectivity index (χ4n) is 2.79. The number of ether oxygens (including phenoxy) is 1. The molecular formula is C18H21F3N4O4S. The van der Waals surface area contributed by atoms with Crippen LogP contribution in [0.15, 0.2) is 42.9 Å². The lowest BCUT2D eigenvalue weighted by Gasteiger charge is -2.36. The van der Waals surface area contributed by atoms with Crippen LogP contribution in [0.4, 0.5) is 13.2 Å². The summed E-state index contributed by atoms with van der Waals surface area (Å²) >= 11 is 0. The van der Waals surface area contributed by atoms with Crippen molar-refractivity contribution >= 4 is 15.9 Å². The molecule has 164 valence electrons. The molecule has 0 saturated carbocycles. The Morgan fingerprint density at radius 2 is 1.87 bits per heavy atom. The number of nitrogens with zero attached hydrogens (tertiary/aromatic N) is 3. The van der Waals surface area contributed by atoms with E-state index in [1.165, 1.54) is 63.6 Å². The van der Waals surface area contributed by atoms with E-state index < -0.39 is 39.6 Å². The van der Waals surface area contributed by atoms with Crippen molar-refractivity contribution in [2.45, 2.75) is 44.5 Å². The van der Waals surface area contributed by atoms with Gasteiger partial charge in [0, 0.05) is 36.3 Å². The van der Waals surface area contributed by atoms with Crippen LogP contribution in [0.3, 0.4) is 0 Å². The second kappa shape index (κ2) is 8.96. The Kier molecular flexibility index (Phi) is 7.03. The van der Waals surface area contributed by atoms with E-state index >= 15 is 0 Å². The maximum atomic E-state index is 13.4. The van der Waals surface area contributed by atoms with Crippen LogP contribution in [0, 0.1) is 0 Å². The third-order valence-electron chi connectivity index (χ3n) is 4.53. The topological polar surface area (TPSA) is 115 Å². The molecule has 8 nitrogen and oxygen atoms in total. The van der Waals surface area contributed by atoms with Crippen molar-refractivity contribution in [2.75, 3.05) is 0 Å². The van der Waals surface area contributed by atoms with Crippen LogP contribution in [0.5, 0.6) is 5.88 Å². The van der Waals surface area contributed by atoms with Crippen LogP contribution in [0.1, 0.15) is 42.7 Å². The van der Waals surface area contributed by atoms with Crippen molar-refractivity contribution in [3.05, 3.63) is 54.0 Å². The average molecular weight is 446 g/mol. The molecule has 0 bridgehead atoms. The predicted molar refractivity (Wildman–Crippen MR) is 102 cm³/mol. The molecule has 2 aromatic heterocycles. The van der Waals surface area contributed by atoms with Gasteiger partial charge in [0.1, 0.15) is 6.10 Å². The Morgan fingerprint density at radius 1 is 1.20 bits per heavy atom. The summed E-state index contributed by atoms with van der Waals surface area (Å²) in [5.41, 5.74) is 0.0401. The summed E-state index contributed by atoms with van der Waals surface area (Å²) in [6.07, 6.45) is 2.90. The molecule has 3 atom stereocenters. The largest absolute Gasteiger partial charge is 0.511 e. The van der Waals surface area contributed by atoms with Gasteiger partial charge in [-0.05, 0) is 38.5 Å². The highest BCUT2D eigenvalue weighted by Gasteiger charge is 2.53. The Balaban J connectivity index is 2.40. The predicted octanol–water partition coefficient (Wildman–Crippen LogP) is 2.64. The molecule has 1 amide bonds. The number of primary amides is 1. The van der Waals surface area contributed by atoms with Crippen molar-refractivity contribution < 1.29 is 31.1 Å². The third-order valence-corrected chi connectivity index (χ3v) is 6.31. The first-order valence-electron chi connectivity index (χ1n) is 8.78. The van der Waals surface area contributed by atoms with E-state index in [2.05, 4.69) is 9.97 Å². The van der Waals surface area contributed by atoms with Crippen molar-refractivity contribution in [3.63, 3.8) is 0 Å². The van der Waals surface area contributed by atoms with Crippen molar-refractivity contribution in [1.29, 1.82) is 0 Å². The molecule has 2 N–H and O–H groups in total. The first-order chi connectivity index (χ1) is 13.9. The quantitative estimate of drug-likeness (QED) is 0.667. The molecule has 12 heteroatoms. The molecule has 0 aliphatic heterocycles. The van der Waals surface area contributed by atoms with E-state index in [9.17, 15) is 26.4 Å². The van der Waals surface area contributed by atoms with Gasteiger partial charge in [0.25, 0.3) is 0 Å². The zero-order valence-corrected chi connectivity index (χ0v) is 17.2. The van der Waals surface area contributed by atoms with Gasteiger partial charge in [-0.1, -0.05) is 6.07 Å². The van der Waals surface area contributed by atoms with E-state index in [-0.39, 0.29) is 17.0 Å². The van der Waals surface area contributed by atoms with Crippen LogP contribution in [0.25, 0.3) is 0 Å². The molecule has 0 saturated heterocycles. The number of sulfonamides is 1. The third kappa shape index (κ3) is 5.05. The Labute approximate surface area is 171 Å². The van der Waals surface area contributed by atoms with Crippen molar-refractivity contribution in [3.8, 4) is 5.88 Å². The number of rotatable bonds is 8. The van der Waals surface area contributed by atoms with E-state index in [1.807, 2.05) is 0 Å². The van der Waals surface area contributed by atoms with Gasteiger partial charge < -0.3 is 10.5 Å². The highest BCUT2D eigenvalue weighted by atomic mass is 32.2. The minimum absolute atomic E-state index is 0.0796. The summed E-state index contributed by atoms with van der Waals surface area (Å²) in [4.78, 5) is 19.0. The number of amides is 1. The van der Waals surface area contributed by atoms with Gasteiger partial charge in [-0.3, -0.25) is 9.78 Å². The van der Waals surface area contributed by atoms with Gasteiger partial charge in [0.05, 0.1) is 6.04 Å². The van der Waals surface area contributed by atoms with Gasteiger partial charge in [-0.2, -0.15) is 17.5 Å². The highest BCUT2D eigenvalue weighted by Crippen LogP contribution is 2.36. The van der Waals surface area contributed by atoms with E-state index in [0.717, 1.165) is 0 Å². The molecule has 0 fully saturated rings. The smallest absolute Gasteiger partial charge is 0.473 e. The summed E-state index contributed by atoms with van der Waals surface area (Å²) in [5.74, 6) is -0.821. The van der Waals surface area contributed by atoms with Crippen LogP contribution >= 0.6 is 0 Å². The summed E-state index contributed by atoms with van der Waals surface area (Å²) in [5, 5.41) is 0. The van der Waals surface area contributed by atoms with Crippen LogP contribution in [0.2, 0.25) is 0 Å². The van der Waals surface area contributed by atoms with Gasteiger partial charge in [0.2, 0.25) is 11.8 Å². The number of alkyl halides is 3. The number of carbonyl (C=O) groups is 1. The summed E-state index contributed by atoms with van der Waals surface area (Å²) < 4.78 is 70.8. The molecule has 2 aromatic rings. The Morgan fingerprint density at radius 3 is 2.40 bits per heavy atom. The maximum Gasteiger partial charge on any atom is 0.511 e. The number of hydrogen-bond acceptors (Lipinski definition) is 6. The molecule has 0 aliphatic rings. The van der Waals surface area contributed by atoms with Gasteiger partial charge in [-0.25, -0.2) is 13.4 Å². The van der Waals surface area contributed by atoms with Crippen LogP contribution < -0.4 is 10.5 Å². The molecule has 2 heterocycles. The second-order valence-corrected chi connectivity index (χ2v) is 8.39. The number of aromatic nitrogens is 2. The van der Waals surface area contributed by atoms with Crippen molar-refractivity contribution in [2.24, 2.45) is 5.73 Å². The summed E-state index contributed by atoms with van der Waals surface area (Å²) in [7, 11) is -5.71. The number of pyridine rings is 2.